The topological polar surface area (TPSA) is 50.4 Å². The highest BCUT2D eigenvalue weighted by Gasteiger charge is 2.15. The first kappa shape index (κ1) is 16.4. The van der Waals surface area contributed by atoms with Crippen LogP contribution in [0.25, 0.3) is 0 Å². The SMILES string of the molecule is CC(C)(C)OC(=O)NCCNCCc1ccc(F)cc1. The van der Waals surface area contributed by atoms with Gasteiger partial charge in [-0.2, -0.15) is 0 Å². The third kappa shape index (κ3) is 7.74. The average Bonchev–Trinajstić information content (AvgIpc) is 2.33. The number of rotatable bonds is 6. The van der Waals surface area contributed by atoms with Gasteiger partial charge in [-0.15, -0.1) is 0 Å². The zero-order chi connectivity index (χ0) is 15.0. The summed E-state index contributed by atoms with van der Waals surface area (Å²) in [6.07, 6.45) is 0.421. The van der Waals surface area contributed by atoms with Crippen LogP contribution >= 0.6 is 0 Å². The number of carbonyl (C=O) groups excluding carboxylic acids is 1. The molecule has 2 N–H and O–H groups in total. The maximum absolute atomic E-state index is 12.7. The third-order valence-corrected chi connectivity index (χ3v) is 2.47. The lowest BCUT2D eigenvalue weighted by atomic mass is 10.1. The fraction of sp³-hybridized carbons (Fsp3) is 0.533. The van der Waals surface area contributed by atoms with Gasteiger partial charge in [0.1, 0.15) is 11.4 Å². The molecule has 112 valence electrons. The van der Waals surface area contributed by atoms with Crippen molar-refractivity contribution in [2.45, 2.75) is 32.8 Å². The van der Waals surface area contributed by atoms with E-state index in [0.717, 1.165) is 18.5 Å². The quantitative estimate of drug-likeness (QED) is 0.788. The van der Waals surface area contributed by atoms with Crippen molar-refractivity contribution in [1.29, 1.82) is 0 Å². The minimum absolute atomic E-state index is 0.219. The van der Waals surface area contributed by atoms with Crippen molar-refractivity contribution in [2.24, 2.45) is 0 Å². The summed E-state index contributed by atoms with van der Waals surface area (Å²) in [4.78, 5) is 11.3. The second-order valence-corrected chi connectivity index (χ2v) is 5.56. The minimum atomic E-state index is -0.472. The molecule has 0 radical (unpaired) electrons. The Kier molecular flexibility index (Phi) is 6.45. The molecule has 0 aliphatic rings. The summed E-state index contributed by atoms with van der Waals surface area (Å²) >= 11 is 0. The van der Waals surface area contributed by atoms with Gasteiger partial charge in [-0.1, -0.05) is 12.1 Å². The van der Waals surface area contributed by atoms with Gasteiger partial charge >= 0.3 is 6.09 Å². The molecule has 1 amide bonds. The Morgan fingerprint density at radius 2 is 1.80 bits per heavy atom. The number of hydrogen-bond acceptors (Lipinski definition) is 3. The van der Waals surface area contributed by atoms with Crippen LogP contribution in [0.1, 0.15) is 26.3 Å². The van der Waals surface area contributed by atoms with Crippen LogP contribution in [0, 0.1) is 5.82 Å². The number of halogens is 1. The van der Waals surface area contributed by atoms with Gasteiger partial charge in [0.25, 0.3) is 0 Å². The van der Waals surface area contributed by atoms with E-state index in [1.807, 2.05) is 20.8 Å². The standard InChI is InChI=1S/C15H23FN2O2/c1-15(2,3)20-14(19)18-11-10-17-9-8-12-4-6-13(16)7-5-12/h4-7,17H,8-11H2,1-3H3,(H,18,19). The number of ether oxygens (including phenoxy) is 1. The van der Waals surface area contributed by atoms with Crippen LogP contribution in [0.15, 0.2) is 24.3 Å². The molecule has 0 aliphatic heterocycles. The van der Waals surface area contributed by atoms with Crippen LogP contribution in [0.2, 0.25) is 0 Å². The molecule has 1 aromatic rings. The van der Waals surface area contributed by atoms with E-state index in [0.29, 0.717) is 13.1 Å². The lowest BCUT2D eigenvalue weighted by Gasteiger charge is -2.19. The molecule has 0 saturated heterocycles. The molecule has 0 bridgehead atoms. The minimum Gasteiger partial charge on any atom is -0.444 e. The monoisotopic (exact) mass is 282 g/mol. The predicted octanol–water partition coefficient (Wildman–Crippen LogP) is 2.48. The summed E-state index contributed by atoms with van der Waals surface area (Å²) in [6, 6.07) is 6.46. The van der Waals surface area contributed by atoms with E-state index in [4.69, 9.17) is 4.74 Å². The molecule has 4 nitrogen and oxygen atoms in total. The fourth-order valence-electron chi connectivity index (χ4n) is 1.58. The summed E-state index contributed by atoms with van der Waals surface area (Å²) in [5.41, 5.74) is 0.610. The smallest absolute Gasteiger partial charge is 0.407 e. The summed E-state index contributed by atoms with van der Waals surface area (Å²) in [7, 11) is 0. The van der Waals surface area contributed by atoms with Crippen LogP contribution in [0.5, 0.6) is 0 Å². The zero-order valence-electron chi connectivity index (χ0n) is 12.3. The van der Waals surface area contributed by atoms with E-state index in [1.54, 1.807) is 12.1 Å². The van der Waals surface area contributed by atoms with E-state index >= 15 is 0 Å². The molecule has 5 heteroatoms. The van der Waals surface area contributed by atoms with Gasteiger partial charge in [-0.3, -0.25) is 0 Å². The second kappa shape index (κ2) is 7.85. The van der Waals surface area contributed by atoms with Crippen LogP contribution in [-0.2, 0) is 11.2 Å². The highest BCUT2D eigenvalue weighted by atomic mass is 19.1. The van der Waals surface area contributed by atoms with Gasteiger partial charge in [-0.25, -0.2) is 9.18 Å². The lowest BCUT2D eigenvalue weighted by Crippen LogP contribution is -2.36. The van der Waals surface area contributed by atoms with Crippen LogP contribution < -0.4 is 10.6 Å². The Morgan fingerprint density at radius 1 is 1.15 bits per heavy atom. The van der Waals surface area contributed by atoms with E-state index < -0.39 is 11.7 Å². The number of alkyl carbamates (subject to hydrolysis) is 1. The Balaban J connectivity index is 2.05. The van der Waals surface area contributed by atoms with Crippen LogP contribution in [0.3, 0.4) is 0 Å². The Hall–Kier alpha value is -1.62. The summed E-state index contributed by atoms with van der Waals surface area (Å²) in [5.74, 6) is -0.219. The number of nitrogens with one attached hydrogen (secondary N) is 2. The lowest BCUT2D eigenvalue weighted by molar-refractivity contribution is 0.0528. The van der Waals surface area contributed by atoms with Crippen molar-refractivity contribution in [2.75, 3.05) is 19.6 Å². The maximum atomic E-state index is 12.7. The van der Waals surface area contributed by atoms with E-state index in [2.05, 4.69) is 10.6 Å². The molecule has 20 heavy (non-hydrogen) atoms. The highest BCUT2D eigenvalue weighted by Crippen LogP contribution is 2.06. The molecular formula is C15H23FN2O2. The molecule has 0 spiro atoms. The van der Waals surface area contributed by atoms with Gasteiger partial charge in [0.2, 0.25) is 0 Å². The van der Waals surface area contributed by atoms with Gasteiger partial charge < -0.3 is 15.4 Å². The molecule has 0 unspecified atom stereocenters. The first-order valence-electron chi connectivity index (χ1n) is 6.79. The van der Waals surface area contributed by atoms with Gasteiger partial charge in [0, 0.05) is 13.1 Å². The van der Waals surface area contributed by atoms with Crippen LogP contribution in [0.4, 0.5) is 9.18 Å². The van der Waals surface area contributed by atoms with Crippen molar-refractivity contribution >= 4 is 6.09 Å². The summed E-state index contributed by atoms with van der Waals surface area (Å²) in [6.45, 7) is 7.44. The molecule has 0 saturated carbocycles. The first-order chi connectivity index (χ1) is 9.37. The van der Waals surface area contributed by atoms with Crippen molar-refractivity contribution in [3.63, 3.8) is 0 Å². The van der Waals surface area contributed by atoms with Gasteiger partial charge in [0.05, 0.1) is 0 Å². The number of benzene rings is 1. The zero-order valence-corrected chi connectivity index (χ0v) is 12.3. The molecule has 0 fully saturated rings. The Morgan fingerprint density at radius 3 is 2.40 bits per heavy atom. The van der Waals surface area contributed by atoms with E-state index in [-0.39, 0.29) is 5.82 Å². The van der Waals surface area contributed by atoms with Crippen molar-refractivity contribution in [3.8, 4) is 0 Å². The normalized spacial score (nSPS) is 11.2. The number of amides is 1. The highest BCUT2D eigenvalue weighted by molar-refractivity contribution is 5.67. The first-order valence-corrected chi connectivity index (χ1v) is 6.79. The molecule has 0 aromatic heterocycles. The molecule has 1 aromatic carbocycles. The number of carbonyl (C=O) groups is 1. The average molecular weight is 282 g/mol. The summed E-state index contributed by atoms with van der Waals surface area (Å²) < 4.78 is 17.8. The molecule has 0 atom stereocenters. The van der Waals surface area contributed by atoms with Crippen molar-refractivity contribution in [1.82, 2.24) is 10.6 Å². The third-order valence-electron chi connectivity index (χ3n) is 2.47. The van der Waals surface area contributed by atoms with E-state index in [1.165, 1.54) is 12.1 Å². The maximum Gasteiger partial charge on any atom is 0.407 e. The van der Waals surface area contributed by atoms with Crippen LogP contribution in [-0.4, -0.2) is 31.3 Å². The van der Waals surface area contributed by atoms with E-state index in [9.17, 15) is 9.18 Å². The Bertz CT molecular complexity index is 413. The van der Waals surface area contributed by atoms with Crippen molar-refractivity contribution in [3.05, 3.63) is 35.6 Å². The second-order valence-electron chi connectivity index (χ2n) is 5.56. The molecule has 0 heterocycles. The Labute approximate surface area is 119 Å². The van der Waals surface area contributed by atoms with Gasteiger partial charge in [0.15, 0.2) is 0 Å². The molecule has 0 aliphatic carbocycles. The summed E-state index contributed by atoms with van der Waals surface area (Å²) in [5, 5.41) is 5.87. The number of hydrogen-bond donors (Lipinski definition) is 2. The molecular weight excluding hydrogens is 259 g/mol. The fourth-order valence-corrected chi connectivity index (χ4v) is 1.58. The predicted molar refractivity (Wildman–Crippen MR) is 77.2 cm³/mol. The van der Waals surface area contributed by atoms with Crippen molar-refractivity contribution < 1.29 is 13.9 Å². The van der Waals surface area contributed by atoms with Gasteiger partial charge in [-0.05, 0) is 51.4 Å². The largest absolute Gasteiger partial charge is 0.444 e. The molecule has 1 rings (SSSR count).